The first kappa shape index (κ1) is 33.0. The molecule has 57 heavy (non-hydrogen) atoms. The van der Waals surface area contributed by atoms with Crippen LogP contribution in [0.15, 0.2) is 229 Å². The van der Waals surface area contributed by atoms with E-state index in [0.717, 1.165) is 39.0 Å². The van der Waals surface area contributed by atoms with Crippen LogP contribution >= 0.6 is 0 Å². The summed E-state index contributed by atoms with van der Waals surface area (Å²) in [6.07, 6.45) is 0. The summed E-state index contributed by atoms with van der Waals surface area (Å²) in [6, 6.07) is 81.2. The molecule has 0 N–H and O–H groups in total. The van der Waals surface area contributed by atoms with Crippen molar-refractivity contribution in [1.82, 2.24) is 0 Å². The van der Waals surface area contributed by atoms with Gasteiger partial charge in [-0.05, 0) is 104 Å². The molecule has 1 heterocycles. The van der Waals surface area contributed by atoms with Crippen molar-refractivity contribution in [2.75, 3.05) is 4.90 Å². The fourth-order valence-electron chi connectivity index (χ4n) is 9.16. The molecule has 0 bridgehead atoms. The SMILES string of the molecule is c1ccc(-c2ccc(-c3ccc(N(c4ccc(C5(c6ccccc6)c6ccccc6-c6ccccc65)cc4)c4ccc5oc6ccccc6c5c4)cc3)cc2)cc1. The molecular formula is C55H37NO. The Labute approximate surface area is 332 Å². The molecule has 2 heteroatoms. The lowest BCUT2D eigenvalue weighted by atomic mass is 9.68. The van der Waals surface area contributed by atoms with E-state index in [1.54, 1.807) is 0 Å². The average Bonchev–Trinajstić information content (AvgIpc) is 3.81. The van der Waals surface area contributed by atoms with E-state index in [1.165, 1.54) is 55.6 Å². The van der Waals surface area contributed by atoms with Crippen LogP contribution in [-0.4, -0.2) is 0 Å². The fourth-order valence-corrected chi connectivity index (χ4v) is 9.16. The molecule has 0 atom stereocenters. The molecule has 0 saturated heterocycles. The smallest absolute Gasteiger partial charge is 0.135 e. The number of nitrogens with zero attached hydrogens (tertiary/aromatic N) is 1. The topological polar surface area (TPSA) is 16.4 Å². The second kappa shape index (κ2) is 13.4. The van der Waals surface area contributed by atoms with Gasteiger partial charge in [-0.15, -0.1) is 0 Å². The van der Waals surface area contributed by atoms with Crippen LogP contribution in [0.2, 0.25) is 0 Å². The van der Waals surface area contributed by atoms with Crippen molar-refractivity contribution >= 4 is 39.0 Å². The zero-order valence-corrected chi connectivity index (χ0v) is 31.2. The summed E-state index contributed by atoms with van der Waals surface area (Å²) in [6.45, 7) is 0. The number of rotatable bonds is 7. The van der Waals surface area contributed by atoms with Crippen LogP contribution in [0.25, 0.3) is 55.3 Å². The second-order valence-electron chi connectivity index (χ2n) is 14.9. The number of fused-ring (bicyclic) bond motifs is 6. The summed E-state index contributed by atoms with van der Waals surface area (Å²) in [5, 5.41) is 2.21. The first-order valence-corrected chi connectivity index (χ1v) is 19.6. The molecule has 11 rings (SSSR count). The van der Waals surface area contributed by atoms with Gasteiger partial charge in [-0.25, -0.2) is 0 Å². The number of anilines is 3. The minimum absolute atomic E-state index is 0.454. The minimum Gasteiger partial charge on any atom is -0.456 e. The van der Waals surface area contributed by atoms with Crippen molar-refractivity contribution in [3.63, 3.8) is 0 Å². The first-order chi connectivity index (χ1) is 28.3. The van der Waals surface area contributed by atoms with Crippen LogP contribution in [0.4, 0.5) is 17.1 Å². The van der Waals surface area contributed by atoms with Gasteiger partial charge >= 0.3 is 0 Å². The zero-order chi connectivity index (χ0) is 37.8. The highest BCUT2D eigenvalue weighted by atomic mass is 16.3. The van der Waals surface area contributed by atoms with E-state index in [1.807, 2.05) is 12.1 Å². The van der Waals surface area contributed by atoms with Crippen molar-refractivity contribution in [2.45, 2.75) is 5.41 Å². The van der Waals surface area contributed by atoms with Crippen LogP contribution in [-0.2, 0) is 5.41 Å². The summed E-state index contributed by atoms with van der Waals surface area (Å²) in [7, 11) is 0. The summed E-state index contributed by atoms with van der Waals surface area (Å²) in [5.74, 6) is 0. The van der Waals surface area contributed by atoms with Crippen molar-refractivity contribution in [2.24, 2.45) is 0 Å². The Morgan fingerprint density at radius 2 is 0.754 bits per heavy atom. The Balaban J connectivity index is 1.04. The predicted octanol–water partition coefficient (Wildman–Crippen LogP) is 14.8. The quantitative estimate of drug-likeness (QED) is 0.163. The normalized spacial score (nSPS) is 12.7. The molecular weight excluding hydrogens is 691 g/mol. The molecule has 0 aliphatic heterocycles. The van der Waals surface area contributed by atoms with Crippen LogP contribution in [0, 0.1) is 0 Å². The summed E-state index contributed by atoms with van der Waals surface area (Å²) < 4.78 is 6.26. The lowest BCUT2D eigenvalue weighted by Crippen LogP contribution is -2.28. The molecule has 10 aromatic rings. The van der Waals surface area contributed by atoms with Gasteiger partial charge in [0.25, 0.3) is 0 Å². The number of para-hydroxylation sites is 1. The molecule has 0 unspecified atom stereocenters. The Kier molecular flexibility index (Phi) is 7.75. The molecule has 0 fully saturated rings. The highest BCUT2D eigenvalue weighted by Crippen LogP contribution is 2.56. The number of hydrogen-bond donors (Lipinski definition) is 0. The van der Waals surface area contributed by atoms with E-state index in [-0.39, 0.29) is 0 Å². The van der Waals surface area contributed by atoms with Gasteiger partial charge in [-0.1, -0.05) is 176 Å². The highest BCUT2D eigenvalue weighted by Gasteiger charge is 2.45. The molecule has 268 valence electrons. The van der Waals surface area contributed by atoms with E-state index in [4.69, 9.17) is 4.42 Å². The van der Waals surface area contributed by atoms with Crippen LogP contribution in [0.3, 0.4) is 0 Å². The lowest BCUT2D eigenvalue weighted by Gasteiger charge is -2.34. The molecule has 2 nitrogen and oxygen atoms in total. The monoisotopic (exact) mass is 727 g/mol. The molecule has 1 aromatic heterocycles. The van der Waals surface area contributed by atoms with Crippen LogP contribution in [0.5, 0.6) is 0 Å². The van der Waals surface area contributed by atoms with Gasteiger partial charge in [0.1, 0.15) is 11.2 Å². The number of furan rings is 1. The number of hydrogen-bond acceptors (Lipinski definition) is 2. The Morgan fingerprint density at radius 3 is 1.39 bits per heavy atom. The van der Waals surface area contributed by atoms with Crippen LogP contribution in [0.1, 0.15) is 22.3 Å². The summed E-state index contributed by atoms with van der Waals surface area (Å²) >= 11 is 0. The molecule has 1 aliphatic carbocycles. The van der Waals surface area contributed by atoms with Gasteiger partial charge < -0.3 is 9.32 Å². The van der Waals surface area contributed by atoms with Gasteiger partial charge in [0.05, 0.1) is 5.41 Å². The Morgan fingerprint density at radius 1 is 0.316 bits per heavy atom. The van der Waals surface area contributed by atoms with Crippen LogP contribution < -0.4 is 4.90 Å². The lowest BCUT2D eigenvalue weighted by molar-refractivity contribution is 0.669. The molecule has 1 aliphatic rings. The maximum Gasteiger partial charge on any atom is 0.135 e. The fraction of sp³-hybridized carbons (Fsp3) is 0.0182. The Bertz CT molecular complexity index is 2990. The Hall–Kier alpha value is -7.42. The maximum absolute atomic E-state index is 6.26. The third kappa shape index (κ3) is 5.33. The van der Waals surface area contributed by atoms with Gasteiger partial charge in [-0.3, -0.25) is 0 Å². The zero-order valence-electron chi connectivity index (χ0n) is 31.2. The van der Waals surface area contributed by atoms with Crippen molar-refractivity contribution in [3.8, 4) is 33.4 Å². The molecule has 0 radical (unpaired) electrons. The highest BCUT2D eigenvalue weighted by molar-refractivity contribution is 6.06. The first-order valence-electron chi connectivity index (χ1n) is 19.6. The summed E-state index contributed by atoms with van der Waals surface area (Å²) in [4.78, 5) is 2.36. The van der Waals surface area contributed by atoms with Crippen molar-refractivity contribution < 1.29 is 4.42 Å². The van der Waals surface area contributed by atoms with Gasteiger partial charge in [0.15, 0.2) is 0 Å². The van der Waals surface area contributed by atoms with E-state index in [2.05, 4.69) is 217 Å². The molecule has 0 saturated carbocycles. The second-order valence-corrected chi connectivity index (χ2v) is 14.9. The van der Waals surface area contributed by atoms with E-state index < -0.39 is 5.41 Å². The summed E-state index contributed by atoms with van der Waals surface area (Å²) in [5.41, 5.74) is 17.0. The maximum atomic E-state index is 6.26. The standard InChI is InChI=1S/C55H37NO/c1-3-13-38(14-4-1)39-23-25-40(26-24-39)41-27-31-44(32-28-41)56(46-35-36-54-50(37-46)49-19-9-12-22-53(49)57-54)45-33-29-43(30-34-45)55(42-15-5-2-6-16-42)51-20-10-7-17-47(51)48-18-8-11-21-52(48)55/h1-37H. The van der Waals surface area contributed by atoms with Gasteiger partial charge in [-0.2, -0.15) is 0 Å². The average molecular weight is 728 g/mol. The van der Waals surface area contributed by atoms with E-state index >= 15 is 0 Å². The van der Waals surface area contributed by atoms with Crippen molar-refractivity contribution in [3.05, 3.63) is 247 Å². The van der Waals surface area contributed by atoms with Gasteiger partial charge in [0, 0.05) is 27.8 Å². The third-order valence-corrected chi connectivity index (χ3v) is 11.8. The van der Waals surface area contributed by atoms with E-state index in [9.17, 15) is 0 Å². The van der Waals surface area contributed by atoms with Crippen molar-refractivity contribution in [1.29, 1.82) is 0 Å². The van der Waals surface area contributed by atoms with E-state index in [0.29, 0.717) is 0 Å². The molecule has 0 amide bonds. The largest absolute Gasteiger partial charge is 0.456 e. The molecule has 9 aromatic carbocycles. The molecule has 0 spiro atoms. The number of benzene rings is 9. The third-order valence-electron chi connectivity index (χ3n) is 11.8. The predicted molar refractivity (Wildman–Crippen MR) is 237 cm³/mol. The minimum atomic E-state index is -0.454. The van der Waals surface area contributed by atoms with Gasteiger partial charge in [0.2, 0.25) is 0 Å².